The van der Waals surface area contributed by atoms with Crippen LogP contribution in [0.5, 0.6) is 23.0 Å². The Hall–Kier alpha value is -3.60. The van der Waals surface area contributed by atoms with Crippen molar-refractivity contribution in [3.05, 3.63) is 34.4 Å². The van der Waals surface area contributed by atoms with Crippen molar-refractivity contribution in [2.24, 2.45) is 0 Å². The molecule has 0 saturated heterocycles. The number of furan rings is 1. The Bertz CT molecular complexity index is 1640. The number of rotatable bonds is 0. The molecule has 8 rings (SSSR count). The van der Waals surface area contributed by atoms with E-state index in [1.807, 2.05) is 0 Å². The number of fused-ring (bicyclic) bond motifs is 1. The lowest BCUT2D eigenvalue weighted by atomic mass is 9.78. The van der Waals surface area contributed by atoms with Crippen LogP contribution in [0, 0.1) is 0 Å². The topological polar surface area (TPSA) is 94.1 Å². The molecule has 0 amide bonds. The van der Waals surface area contributed by atoms with Crippen LogP contribution in [0.15, 0.2) is 16.5 Å². The summed E-state index contributed by atoms with van der Waals surface area (Å²) in [6, 6.07) is 3.58. The molecule has 0 unspecified atom stereocenters. The van der Waals surface area contributed by atoms with Gasteiger partial charge in [-0.15, -0.1) is 0 Å². The van der Waals surface area contributed by atoms with Gasteiger partial charge in [-0.2, -0.15) is 0 Å². The standard InChI is InChI=1S/C26H18O5/c27-13-7-9-3-1-5-11-15(9)19-17(13)18-14(28)8-10-4-2-6-12-16(10)20(18)22-21(19)25(23(11)29)31-26(22)24(12)30/h7-8,27-30H,1-6H2. The van der Waals surface area contributed by atoms with Crippen molar-refractivity contribution in [2.75, 3.05) is 0 Å². The van der Waals surface area contributed by atoms with Crippen LogP contribution in [0.25, 0.3) is 54.3 Å². The van der Waals surface area contributed by atoms with Gasteiger partial charge >= 0.3 is 0 Å². The van der Waals surface area contributed by atoms with E-state index < -0.39 is 0 Å². The molecule has 1 heterocycles. The number of aromatic hydroxyl groups is 4. The molecule has 6 aromatic rings. The van der Waals surface area contributed by atoms with Crippen LogP contribution in [0.3, 0.4) is 0 Å². The number of hydrogen-bond donors (Lipinski definition) is 4. The summed E-state index contributed by atoms with van der Waals surface area (Å²) < 4.78 is 6.19. The molecular weight excluding hydrogens is 392 g/mol. The number of benzene rings is 5. The van der Waals surface area contributed by atoms with Crippen LogP contribution >= 0.6 is 0 Å². The second kappa shape index (κ2) is 4.83. The lowest BCUT2D eigenvalue weighted by Crippen LogP contribution is -2.05. The molecule has 5 nitrogen and oxygen atoms in total. The highest BCUT2D eigenvalue weighted by Gasteiger charge is 2.34. The number of aryl methyl sites for hydroxylation is 4. The Kier molecular flexibility index (Phi) is 2.51. The van der Waals surface area contributed by atoms with Crippen LogP contribution < -0.4 is 0 Å². The minimum atomic E-state index is 0.129. The van der Waals surface area contributed by atoms with Gasteiger partial charge in [-0.3, -0.25) is 0 Å². The quantitative estimate of drug-likeness (QED) is 0.190. The fourth-order valence-corrected chi connectivity index (χ4v) is 6.69. The maximum atomic E-state index is 11.2. The third kappa shape index (κ3) is 1.56. The van der Waals surface area contributed by atoms with E-state index in [1.165, 1.54) is 0 Å². The fraction of sp³-hybridized carbons (Fsp3) is 0.231. The molecule has 0 aliphatic heterocycles. The van der Waals surface area contributed by atoms with Gasteiger partial charge in [0.25, 0.3) is 0 Å². The summed E-state index contributed by atoms with van der Waals surface area (Å²) in [5.41, 5.74) is 4.37. The molecule has 5 heteroatoms. The van der Waals surface area contributed by atoms with Crippen molar-refractivity contribution >= 4 is 54.3 Å². The van der Waals surface area contributed by atoms with Crippen LogP contribution in [-0.4, -0.2) is 20.4 Å². The first-order valence-electron chi connectivity index (χ1n) is 10.9. The fourth-order valence-electron chi connectivity index (χ4n) is 6.69. The first-order valence-corrected chi connectivity index (χ1v) is 10.9. The van der Waals surface area contributed by atoms with Crippen molar-refractivity contribution in [3.63, 3.8) is 0 Å². The van der Waals surface area contributed by atoms with Crippen LogP contribution in [0.2, 0.25) is 0 Å². The maximum absolute atomic E-state index is 11.2. The van der Waals surface area contributed by atoms with Gasteiger partial charge in [0.1, 0.15) is 11.5 Å². The molecule has 2 aliphatic carbocycles. The Balaban J connectivity index is 1.86. The number of hydrogen-bond acceptors (Lipinski definition) is 5. The molecule has 0 spiro atoms. The van der Waals surface area contributed by atoms with E-state index in [0.717, 1.165) is 93.1 Å². The first kappa shape index (κ1) is 16.1. The van der Waals surface area contributed by atoms with Crippen molar-refractivity contribution in [1.82, 2.24) is 0 Å². The van der Waals surface area contributed by atoms with Gasteiger partial charge in [0.05, 0.1) is 0 Å². The Morgan fingerprint density at radius 1 is 0.516 bits per heavy atom. The lowest BCUT2D eigenvalue weighted by molar-refractivity contribution is 0.450. The second-order valence-electron chi connectivity index (χ2n) is 9.23. The number of phenols is 4. The third-order valence-corrected chi connectivity index (χ3v) is 7.79. The molecule has 5 aromatic carbocycles. The summed E-state index contributed by atoms with van der Waals surface area (Å²) >= 11 is 0. The zero-order valence-corrected chi connectivity index (χ0v) is 16.6. The van der Waals surface area contributed by atoms with Crippen molar-refractivity contribution in [2.45, 2.75) is 38.5 Å². The van der Waals surface area contributed by atoms with E-state index in [1.54, 1.807) is 12.1 Å². The van der Waals surface area contributed by atoms with E-state index in [2.05, 4.69) is 0 Å². The predicted molar refractivity (Wildman–Crippen MR) is 119 cm³/mol. The van der Waals surface area contributed by atoms with Gasteiger partial charge in [0, 0.05) is 43.4 Å². The zero-order chi connectivity index (χ0) is 20.8. The van der Waals surface area contributed by atoms with E-state index in [4.69, 9.17) is 4.42 Å². The third-order valence-electron chi connectivity index (χ3n) is 7.79. The lowest BCUT2D eigenvalue weighted by Gasteiger charge is -2.25. The molecular formula is C26H18O5. The average molecular weight is 410 g/mol. The van der Waals surface area contributed by atoms with Gasteiger partial charge in [-0.1, -0.05) is 0 Å². The number of phenolic OH excluding ortho intramolecular Hbond substituents is 4. The molecule has 0 saturated carbocycles. The van der Waals surface area contributed by atoms with E-state index in [9.17, 15) is 20.4 Å². The minimum absolute atomic E-state index is 0.129. The molecule has 4 N–H and O–H groups in total. The highest BCUT2D eigenvalue weighted by Crippen LogP contribution is 2.58. The molecule has 152 valence electrons. The minimum Gasteiger partial charge on any atom is -0.507 e. The molecule has 1 aromatic heterocycles. The summed E-state index contributed by atoms with van der Waals surface area (Å²) in [6.07, 6.45) is 4.84. The predicted octanol–water partition coefficient (Wildman–Crippen LogP) is 5.72. The largest absolute Gasteiger partial charge is 0.507 e. The average Bonchev–Trinajstić information content (AvgIpc) is 3.17. The van der Waals surface area contributed by atoms with E-state index in [0.29, 0.717) is 21.9 Å². The molecule has 31 heavy (non-hydrogen) atoms. The van der Waals surface area contributed by atoms with Gasteiger partial charge in [0.2, 0.25) is 0 Å². The van der Waals surface area contributed by atoms with Gasteiger partial charge in [-0.25, -0.2) is 0 Å². The van der Waals surface area contributed by atoms with Crippen LogP contribution in [0.1, 0.15) is 35.1 Å². The Morgan fingerprint density at radius 3 is 1.42 bits per heavy atom. The van der Waals surface area contributed by atoms with Gasteiger partial charge in [0.15, 0.2) is 22.7 Å². The summed E-state index contributed by atoms with van der Waals surface area (Å²) in [5, 5.41) is 51.0. The maximum Gasteiger partial charge on any atom is 0.178 e. The molecule has 0 radical (unpaired) electrons. The normalized spacial score (nSPS) is 16.1. The summed E-state index contributed by atoms with van der Waals surface area (Å²) in [7, 11) is 0. The monoisotopic (exact) mass is 410 g/mol. The molecule has 0 fully saturated rings. The van der Waals surface area contributed by atoms with Gasteiger partial charge in [-0.05, 0) is 72.6 Å². The van der Waals surface area contributed by atoms with E-state index in [-0.39, 0.29) is 23.0 Å². The van der Waals surface area contributed by atoms with Crippen molar-refractivity contribution < 1.29 is 24.8 Å². The SMILES string of the molecule is Oc1c2c3c(cc(O)c4c5c(O)cc6c7c(c(O)c8oc1c(c34)c8c75)CCC6)CCC2. The Labute approximate surface area is 175 Å². The Morgan fingerprint density at radius 2 is 0.968 bits per heavy atom. The van der Waals surface area contributed by atoms with Gasteiger partial charge < -0.3 is 24.8 Å². The highest BCUT2D eigenvalue weighted by atomic mass is 16.4. The second-order valence-corrected chi connectivity index (χ2v) is 9.23. The zero-order valence-electron chi connectivity index (χ0n) is 16.6. The first-order chi connectivity index (χ1) is 15.1. The highest BCUT2D eigenvalue weighted by molar-refractivity contribution is 6.43. The van der Waals surface area contributed by atoms with Crippen molar-refractivity contribution in [3.8, 4) is 23.0 Å². The molecule has 2 aliphatic rings. The van der Waals surface area contributed by atoms with Crippen LogP contribution in [-0.2, 0) is 25.7 Å². The summed E-state index contributed by atoms with van der Waals surface area (Å²) in [6.45, 7) is 0. The summed E-state index contributed by atoms with van der Waals surface area (Å²) in [4.78, 5) is 0. The smallest absolute Gasteiger partial charge is 0.178 e. The molecule has 0 atom stereocenters. The molecule has 0 bridgehead atoms. The summed E-state index contributed by atoms with van der Waals surface area (Å²) in [5.74, 6) is 0.532. The van der Waals surface area contributed by atoms with Crippen molar-refractivity contribution in [1.29, 1.82) is 0 Å². The van der Waals surface area contributed by atoms with Crippen LogP contribution in [0.4, 0.5) is 0 Å². The van der Waals surface area contributed by atoms with E-state index >= 15 is 0 Å².